The van der Waals surface area contributed by atoms with Crippen LogP contribution in [-0.4, -0.2) is 45.4 Å². The zero-order valence-electron chi connectivity index (χ0n) is 13.4. The summed E-state index contributed by atoms with van der Waals surface area (Å²) in [7, 11) is -13.4. The molecule has 1 saturated heterocycles. The first-order valence-electron chi connectivity index (χ1n) is 6.75. The summed E-state index contributed by atoms with van der Waals surface area (Å²) >= 11 is 0. The van der Waals surface area contributed by atoms with E-state index >= 15 is 0 Å². The molecule has 0 aromatic carbocycles. The van der Waals surface area contributed by atoms with Crippen LogP contribution in [0.2, 0.25) is 0 Å². The molecule has 0 bridgehead atoms. The van der Waals surface area contributed by atoms with Crippen LogP contribution in [0.4, 0.5) is 26.3 Å². The first-order chi connectivity index (χ1) is 10.9. The van der Waals surface area contributed by atoms with Gasteiger partial charge in [0.1, 0.15) is 5.82 Å². The van der Waals surface area contributed by atoms with Crippen LogP contribution >= 0.6 is 0 Å². The Morgan fingerprint density at radius 2 is 1.04 bits per heavy atom. The van der Waals surface area contributed by atoms with Gasteiger partial charge in [-0.2, -0.15) is 26.3 Å². The molecule has 0 amide bonds. The van der Waals surface area contributed by atoms with Crippen LogP contribution in [0.5, 0.6) is 0 Å². The van der Waals surface area contributed by atoms with Gasteiger partial charge in [0.15, 0.2) is 0 Å². The molecule has 1 heterocycles. The summed E-state index contributed by atoms with van der Waals surface area (Å²) in [6, 6.07) is -1.60. The Balaban J connectivity index is 4.04. The van der Waals surface area contributed by atoms with E-state index in [1.807, 2.05) is 0 Å². The Kier molecular flexibility index (Phi) is 5.18. The first kappa shape index (κ1) is 21.9. The number of hydrogen-bond donors (Lipinski definition) is 2. The van der Waals surface area contributed by atoms with Crippen LogP contribution in [0.3, 0.4) is 0 Å². The fraction of sp³-hybridized carbons (Fsp3) is 0.818. The molecule has 0 atom stereocenters. The lowest BCUT2D eigenvalue weighted by Gasteiger charge is -2.38. The van der Waals surface area contributed by atoms with Gasteiger partial charge in [-0.15, -0.1) is 0 Å². The molecular formula is C11H16F6N2O4S2. The van der Waals surface area contributed by atoms with E-state index in [1.54, 1.807) is 0 Å². The SMILES string of the molecule is CC(C)NC(NC(C)C)=C1S(=O)(=O)C(F)(F)C(F)(F)C(F)(F)S1(=O)=O. The first-order valence-corrected chi connectivity index (χ1v) is 9.72. The standard InChI is InChI=1S/C11H16F6N2O4S2/c1-5(2)18-7(19-6(3)4)8-24(20,21)10(14,15)9(12,13)11(16,17)25(8,22)23/h5-6,18-19H,1-4H3. The van der Waals surface area contributed by atoms with Crippen molar-refractivity contribution in [1.82, 2.24) is 10.6 Å². The number of halogens is 6. The second-order valence-electron chi connectivity index (χ2n) is 5.88. The Bertz CT molecular complexity index is 725. The zero-order valence-corrected chi connectivity index (χ0v) is 15.0. The van der Waals surface area contributed by atoms with Crippen molar-refractivity contribution in [2.75, 3.05) is 0 Å². The molecule has 0 aliphatic carbocycles. The lowest BCUT2D eigenvalue weighted by Crippen LogP contribution is -2.66. The highest BCUT2D eigenvalue weighted by Gasteiger charge is 2.88. The topological polar surface area (TPSA) is 92.3 Å². The second-order valence-corrected chi connectivity index (χ2v) is 9.99. The molecule has 0 aromatic rings. The van der Waals surface area contributed by atoms with Gasteiger partial charge in [-0.3, -0.25) is 0 Å². The maximum Gasteiger partial charge on any atom is 0.419 e. The quantitative estimate of drug-likeness (QED) is 0.677. The van der Waals surface area contributed by atoms with Gasteiger partial charge in [0.25, 0.3) is 19.7 Å². The van der Waals surface area contributed by atoms with Gasteiger partial charge in [0.2, 0.25) is 4.24 Å². The zero-order chi connectivity index (χ0) is 20.2. The Labute approximate surface area is 140 Å². The molecule has 2 N–H and O–H groups in total. The van der Waals surface area contributed by atoms with E-state index in [0.717, 1.165) is 0 Å². The minimum absolute atomic E-state index is 0.802. The molecule has 0 radical (unpaired) electrons. The van der Waals surface area contributed by atoms with Crippen molar-refractivity contribution in [2.24, 2.45) is 0 Å². The van der Waals surface area contributed by atoms with Gasteiger partial charge in [-0.25, -0.2) is 16.8 Å². The molecule has 0 saturated carbocycles. The molecule has 0 spiro atoms. The number of rotatable bonds is 4. The third-order valence-corrected chi connectivity index (χ3v) is 7.53. The van der Waals surface area contributed by atoms with Crippen molar-refractivity contribution in [3.63, 3.8) is 0 Å². The fourth-order valence-corrected chi connectivity index (χ4v) is 5.91. The third-order valence-electron chi connectivity index (χ3n) is 2.96. The maximum atomic E-state index is 13.7. The summed E-state index contributed by atoms with van der Waals surface area (Å²) in [5.74, 6) is -7.87. The maximum absolute atomic E-state index is 13.7. The van der Waals surface area contributed by atoms with E-state index in [1.165, 1.54) is 27.7 Å². The summed E-state index contributed by atoms with van der Waals surface area (Å²) in [4.78, 5) is 0. The van der Waals surface area contributed by atoms with Crippen LogP contribution < -0.4 is 10.6 Å². The lowest BCUT2D eigenvalue weighted by molar-refractivity contribution is -0.244. The summed E-state index contributed by atoms with van der Waals surface area (Å²) in [5, 5.41) is -8.49. The molecule has 0 unspecified atom stereocenters. The average molecular weight is 418 g/mol. The Hall–Kier alpha value is -1.18. The number of hydrogen-bond acceptors (Lipinski definition) is 6. The van der Waals surface area contributed by atoms with Gasteiger partial charge in [0, 0.05) is 12.1 Å². The van der Waals surface area contributed by atoms with Gasteiger partial charge in [-0.05, 0) is 27.7 Å². The molecule has 1 aliphatic heterocycles. The summed E-state index contributed by atoms with van der Waals surface area (Å²) in [5.41, 5.74) is 0. The van der Waals surface area contributed by atoms with Crippen molar-refractivity contribution in [2.45, 2.75) is 56.2 Å². The van der Waals surface area contributed by atoms with Crippen molar-refractivity contribution in [1.29, 1.82) is 0 Å². The van der Waals surface area contributed by atoms with Crippen LogP contribution in [0, 0.1) is 0 Å². The van der Waals surface area contributed by atoms with Crippen LogP contribution in [-0.2, 0) is 19.7 Å². The molecule has 25 heavy (non-hydrogen) atoms. The highest BCUT2D eigenvalue weighted by atomic mass is 32.3. The van der Waals surface area contributed by atoms with Gasteiger partial charge in [0.05, 0.1) is 0 Å². The van der Waals surface area contributed by atoms with Crippen molar-refractivity contribution in [3.8, 4) is 0 Å². The highest BCUT2D eigenvalue weighted by Crippen LogP contribution is 2.59. The minimum atomic E-state index is -6.68. The van der Waals surface area contributed by atoms with Crippen molar-refractivity contribution < 1.29 is 43.2 Å². The molecule has 14 heteroatoms. The number of sulfone groups is 2. The Morgan fingerprint density at radius 1 is 0.760 bits per heavy atom. The largest absolute Gasteiger partial charge is 0.419 e. The molecule has 1 fully saturated rings. The predicted octanol–water partition coefficient (Wildman–Crippen LogP) is 1.77. The van der Waals surface area contributed by atoms with Crippen molar-refractivity contribution >= 4 is 19.7 Å². The van der Waals surface area contributed by atoms with E-state index in [9.17, 15) is 43.2 Å². The Morgan fingerprint density at radius 3 is 1.28 bits per heavy atom. The number of alkyl halides is 6. The predicted molar refractivity (Wildman–Crippen MR) is 76.3 cm³/mol. The summed E-state index contributed by atoms with van der Waals surface area (Å²) in [6.45, 7) is 5.26. The highest BCUT2D eigenvalue weighted by molar-refractivity contribution is 8.16. The molecule has 0 aromatic heterocycles. The van der Waals surface area contributed by atoms with Crippen LogP contribution in [0.1, 0.15) is 27.7 Å². The molecule has 1 aliphatic rings. The minimum Gasteiger partial charge on any atom is -0.368 e. The lowest BCUT2D eigenvalue weighted by atomic mass is 10.3. The smallest absolute Gasteiger partial charge is 0.368 e. The fourth-order valence-electron chi connectivity index (χ4n) is 1.89. The molecule has 6 nitrogen and oxygen atoms in total. The monoisotopic (exact) mass is 418 g/mol. The van der Waals surface area contributed by atoms with E-state index in [4.69, 9.17) is 0 Å². The summed E-state index contributed by atoms with van der Waals surface area (Å²) in [6.07, 6.45) is 0. The van der Waals surface area contributed by atoms with E-state index in [2.05, 4.69) is 10.6 Å². The van der Waals surface area contributed by atoms with Gasteiger partial charge in [-0.1, -0.05) is 0 Å². The van der Waals surface area contributed by atoms with E-state index < -0.39 is 58.2 Å². The normalized spacial score (nSPS) is 25.7. The van der Waals surface area contributed by atoms with E-state index in [0.29, 0.717) is 0 Å². The molecular weight excluding hydrogens is 402 g/mol. The average Bonchev–Trinajstić information content (AvgIpc) is 2.34. The molecule has 148 valence electrons. The summed E-state index contributed by atoms with van der Waals surface area (Å²) < 4.78 is 127. The van der Waals surface area contributed by atoms with Crippen LogP contribution in [0.15, 0.2) is 10.1 Å². The van der Waals surface area contributed by atoms with Crippen LogP contribution in [0.25, 0.3) is 0 Å². The molecule has 1 rings (SSSR count). The van der Waals surface area contributed by atoms with E-state index in [-0.39, 0.29) is 0 Å². The van der Waals surface area contributed by atoms with Gasteiger partial charge < -0.3 is 10.6 Å². The van der Waals surface area contributed by atoms with Crippen molar-refractivity contribution in [3.05, 3.63) is 10.1 Å². The third kappa shape index (κ3) is 2.86. The second kappa shape index (κ2) is 5.93. The number of nitrogens with one attached hydrogen (secondary N) is 2. The van der Waals surface area contributed by atoms with Gasteiger partial charge >= 0.3 is 16.4 Å².